The molecule has 1 heteroatoms. The molecule has 0 aliphatic carbocycles. The Kier molecular flexibility index (Phi) is 2.19. The first-order chi connectivity index (χ1) is 6.31. The van der Waals surface area contributed by atoms with Crippen molar-refractivity contribution in [1.82, 2.24) is 0 Å². The number of benzene rings is 1. The summed E-state index contributed by atoms with van der Waals surface area (Å²) in [5, 5.41) is 0. The molecular weight excluding hydrogens is 160 g/mol. The van der Waals surface area contributed by atoms with Crippen molar-refractivity contribution in [3.8, 4) is 0 Å². The van der Waals surface area contributed by atoms with E-state index in [2.05, 4.69) is 31.7 Å². The minimum Gasteiger partial charge on any atom is -0.373 e. The number of epoxide rings is 1. The third kappa shape index (κ3) is 1.81. The lowest BCUT2D eigenvalue weighted by atomic mass is 9.98. The third-order valence-electron chi connectivity index (χ3n) is 2.50. The van der Waals surface area contributed by atoms with Crippen LogP contribution in [0, 0.1) is 6.92 Å². The second-order valence-electron chi connectivity index (χ2n) is 3.51. The fraction of sp³-hybridized carbons (Fsp3) is 0.333. The molecule has 0 aromatic heterocycles. The van der Waals surface area contributed by atoms with Crippen LogP contribution in [0.1, 0.15) is 16.7 Å². The summed E-state index contributed by atoms with van der Waals surface area (Å²) in [4.78, 5) is 0. The van der Waals surface area contributed by atoms with Crippen LogP contribution in [0.15, 0.2) is 24.8 Å². The van der Waals surface area contributed by atoms with Gasteiger partial charge in [0.2, 0.25) is 0 Å². The Morgan fingerprint density at radius 2 is 2.38 bits per heavy atom. The summed E-state index contributed by atoms with van der Waals surface area (Å²) in [5.41, 5.74) is 3.98. The average molecular weight is 174 g/mol. The van der Waals surface area contributed by atoms with Crippen LogP contribution < -0.4 is 0 Å². The van der Waals surface area contributed by atoms with Gasteiger partial charge in [-0.3, -0.25) is 0 Å². The first kappa shape index (κ1) is 8.52. The van der Waals surface area contributed by atoms with Gasteiger partial charge in [-0.25, -0.2) is 0 Å². The van der Waals surface area contributed by atoms with Crippen molar-refractivity contribution < 1.29 is 4.74 Å². The van der Waals surface area contributed by atoms with E-state index >= 15 is 0 Å². The molecule has 2 rings (SSSR count). The van der Waals surface area contributed by atoms with E-state index < -0.39 is 0 Å². The smallest absolute Gasteiger partial charge is 0.0850 e. The highest BCUT2D eigenvalue weighted by atomic mass is 16.6. The number of ether oxygens (including phenoxy) is 1. The molecule has 0 spiro atoms. The molecule has 1 aromatic rings. The normalized spacial score (nSPS) is 19.9. The van der Waals surface area contributed by atoms with Gasteiger partial charge in [-0.15, -0.1) is 0 Å². The fourth-order valence-electron chi connectivity index (χ4n) is 1.61. The zero-order valence-electron chi connectivity index (χ0n) is 7.92. The van der Waals surface area contributed by atoms with Crippen LogP contribution in [0.4, 0.5) is 0 Å². The van der Waals surface area contributed by atoms with Gasteiger partial charge in [0, 0.05) is 6.42 Å². The Labute approximate surface area is 79.0 Å². The first-order valence-electron chi connectivity index (χ1n) is 4.64. The minimum absolute atomic E-state index is 0.458. The second kappa shape index (κ2) is 3.35. The van der Waals surface area contributed by atoms with Gasteiger partial charge in [-0.2, -0.15) is 0 Å². The van der Waals surface area contributed by atoms with Crippen molar-refractivity contribution in [1.29, 1.82) is 0 Å². The Bertz CT molecular complexity index is 324. The molecule has 68 valence electrons. The van der Waals surface area contributed by atoms with E-state index in [1.165, 1.54) is 16.7 Å². The topological polar surface area (TPSA) is 12.5 Å². The Balaban J connectivity index is 2.32. The lowest BCUT2D eigenvalue weighted by Gasteiger charge is -2.07. The summed E-state index contributed by atoms with van der Waals surface area (Å²) in [7, 11) is 0. The summed E-state index contributed by atoms with van der Waals surface area (Å²) in [6.07, 6.45) is 3.42. The number of hydrogen-bond donors (Lipinski definition) is 0. The largest absolute Gasteiger partial charge is 0.373 e. The molecule has 0 saturated carbocycles. The molecule has 1 aliphatic rings. The van der Waals surface area contributed by atoms with Crippen molar-refractivity contribution in [3.63, 3.8) is 0 Å². The van der Waals surface area contributed by atoms with Crippen molar-refractivity contribution in [2.75, 3.05) is 6.61 Å². The molecule has 1 atom stereocenters. The number of aryl methyl sites for hydroxylation is 1. The van der Waals surface area contributed by atoms with E-state index in [0.29, 0.717) is 6.10 Å². The van der Waals surface area contributed by atoms with Crippen molar-refractivity contribution in [2.45, 2.75) is 19.4 Å². The monoisotopic (exact) mass is 174 g/mol. The number of hydrogen-bond acceptors (Lipinski definition) is 1. The molecule has 1 nitrogen and oxygen atoms in total. The van der Waals surface area contributed by atoms with Gasteiger partial charge >= 0.3 is 0 Å². The number of rotatable bonds is 3. The Morgan fingerprint density at radius 1 is 1.62 bits per heavy atom. The molecule has 1 aliphatic heterocycles. The summed E-state index contributed by atoms with van der Waals surface area (Å²) in [5.74, 6) is 0. The Morgan fingerprint density at radius 3 is 3.00 bits per heavy atom. The maximum absolute atomic E-state index is 5.23. The lowest BCUT2D eigenvalue weighted by Crippen LogP contribution is -1.98. The van der Waals surface area contributed by atoms with Crippen LogP contribution in [0.2, 0.25) is 0 Å². The van der Waals surface area contributed by atoms with E-state index in [0.717, 1.165) is 13.0 Å². The highest BCUT2D eigenvalue weighted by molar-refractivity contribution is 5.54. The highest BCUT2D eigenvalue weighted by Crippen LogP contribution is 2.22. The average Bonchev–Trinajstić information content (AvgIpc) is 2.92. The zero-order valence-corrected chi connectivity index (χ0v) is 7.92. The van der Waals surface area contributed by atoms with Crippen LogP contribution in [-0.4, -0.2) is 12.7 Å². The van der Waals surface area contributed by atoms with Crippen LogP contribution in [0.5, 0.6) is 0 Å². The van der Waals surface area contributed by atoms with Crippen LogP contribution in [-0.2, 0) is 11.2 Å². The lowest BCUT2D eigenvalue weighted by molar-refractivity contribution is 0.407. The van der Waals surface area contributed by atoms with Gasteiger partial charge in [0.05, 0.1) is 12.7 Å². The standard InChI is InChI=1S/C12H14O/c1-3-10-6-4-5-9(2)12(10)7-11-8-13-11/h3-6,11H,1,7-8H2,2H3. The van der Waals surface area contributed by atoms with Gasteiger partial charge in [0.1, 0.15) is 0 Å². The first-order valence-corrected chi connectivity index (χ1v) is 4.64. The quantitative estimate of drug-likeness (QED) is 0.642. The maximum atomic E-state index is 5.23. The van der Waals surface area contributed by atoms with E-state index in [9.17, 15) is 0 Å². The molecule has 0 amide bonds. The van der Waals surface area contributed by atoms with Gasteiger partial charge < -0.3 is 4.74 Å². The van der Waals surface area contributed by atoms with Gasteiger partial charge in [-0.1, -0.05) is 30.9 Å². The molecule has 1 aromatic carbocycles. The van der Waals surface area contributed by atoms with Gasteiger partial charge in [0.15, 0.2) is 0 Å². The van der Waals surface area contributed by atoms with Crippen molar-refractivity contribution in [2.24, 2.45) is 0 Å². The van der Waals surface area contributed by atoms with Crippen molar-refractivity contribution in [3.05, 3.63) is 41.5 Å². The minimum atomic E-state index is 0.458. The van der Waals surface area contributed by atoms with E-state index in [1.54, 1.807) is 0 Å². The zero-order chi connectivity index (χ0) is 9.26. The second-order valence-corrected chi connectivity index (χ2v) is 3.51. The molecular formula is C12H14O. The molecule has 1 unspecified atom stereocenters. The van der Waals surface area contributed by atoms with Crippen LogP contribution in [0.25, 0.3) is 6.08 Å². The van der Waals surface area contributed by atoms with Crippen molar-refractivity contribution >= 4 is 6.08 Å². The molecule has 0 bridgehead atoms. The predicted octanol–water partition coefficient (Wildman–Crippen LogP) is 2.58. The molecule has 1 heterocycles. The van der Waals surface area contributed by atoms with Gasteiger partial charge in [-0.05, 0) is 23.6 Å². The fourth-order valence-corrected chi connectivity index (χ4v) is 1.61. The molecule has 0 radical (unpaired) electrons. The van der Waals surface area contributed by atoms with E-state index in [4.69, 9.17) is 4.74 Å². The summed E-state index contributed by atoms with van der Waals surface area (Å²) < 4.78 is 5.23. The van der Waals surface area contributed by atoms with E-state index in [-0.39, 0.29) is 0 Å². The van der Waals surface area contributed by atoms with Crippen LogP contribution in [0.3, 0.4) is 0 Å². The van der Waals surface area contributed by atoms with E-state index in [1.807, 2.05) is 6.08 Å². The summed E-state index contributed by atoms with van der Waals surface area (Å²) >= 11 is 0. The molecule has 1 saturated heterocycles. The molecule has 0 N–H and O–H groups in total. The van der Waals surface area contributed by atoms with Gasteiger partial charge in [0.25, 0.3) is 0 Å². The Hall–Kier alpha value is -1.08. The summed E-state index contributed by atoms with van der Waals surface area (Å²) in [6, 6.07) is 6.33. The summed E-state index contributed by atoms with van der Waals surface area (Å²) in [6.45, 7) is 6.88. The van der Waals surface area contributed by atoms with Crippen LogP contribution >= 0.6 is 0 Å². The molecule has 1 fully saturated rings. The molecule has 13 heavy (non-hydrogen) atoms. The maximum Gasteiger partial charge on any atom is 0.0850 e. The third-order valence-corrected chi connectivity index (χ3v) is 2.50. The predicted molar refractivity (Wildman–Crippen MR) is 54.7 cm³/mol. The SMILES string of the molecule is C=Cc1cccc(C)c1CC1CO1. The highest BCUT2D eigenvalue weighted by Gasteiger charge is 2.23.